The Hall–Kier alpha value is -2.57. The molecule has 1 aliphatic rings. The summed E-state index contributed by atoms with van der Waals surface area (Å²) in [5, 5.41) is 4.06. The topological polar surface area (TPSA) is 55.2 Å². The summed E-state index contributed by atoms with van der Waals surface area (Å²) in [6.45, 7) is 2.61. The van der Waals surface area contributed by atoms with Crippen molar-refractivity contribution in [2.45, 2.75) is 20.0 Å². The molecule has 1 aromatic carbocycles. The monoisotopic (exact) mass is 291 g/mol. The van der Waals surface area contributed by atoms with E-state index in [0.717, 1.165) is 11.0 Å². The van der Waals surface area contributed by atoms with Crippen LogP contribution in [-0.4, -0.2) is 21.5 Å². The lowest BCUT2D eigenvalue weighted by Crippen LogP contribution is -2.29. The van der Waals surface area contributed by atoms with Gasteiger partial charge in [0.25, 0.3) is 11.7 Å². The van der Waals surface area contributed by atoms with Crippen LogP contribution in [0.4, 0.5) is 14.5 Å². The highest BCUT2D eigenvalue weighted by molar-refractivity contribution is 6.52. The Bertz CT molecular complexity index is 755. The molecule has 0 saturated carbocycles. The van der Waals surface area contributed by atoms with Gasteiger partial charge in [0.15, 0.2) is 0 Å². The van der Waals surface area contributed by atoms with Crippen molar-refractivity contribution in [3.63, 3.8) is 0 Å². The van der Waals surface area contributed by atoms with Crippen LogP contribution in [0.15, 0.2) is 24.5 Å². The van der Waals surface area contributed by atoms with Crippen molar-refractivity contribution in [3.8, 4) is 0 Å². The quantitative estimate of drug-likeness (QED) is 0.812. The Morgan fingerprint density at radius 3 is 2.67 bits per heavy atom. The smallest absolute Gasteiger partial charge is 0.299 e. The molecule has 0 unspecified atom stereocenters. The molecule has 21 heavy (non-hydrogen) atoms. The molecule has 2 aromatic rings. The van der Waals surface area contributed by atoms with Gasteiger partial charge in [-0.2, -0.15) is 5.10 Å². The van der Waals surface area contributed by atoms with E-state index in [1.54, 1.807) is 17.1 Å². The maximum absolute atomic E-state index is 13.7. The van der Waals surface area contributed by atoms with Crippen molar-refractivity contribution in [1.29, 1.82) is 0 Å². The van der Waals surface area contributed by atoms with E-state index in [0.29, 0.717) is 18.2 Å². The number of carbonyl (C=O) groups excluding carboxylic acids is 2. The number of ketones is 1. The third-order valence-electron chi connectivity index (χ3n) is 3.34. The number of hydrogen-bond donors (Lipinski definition) is 0. The molecular weight excluding hydrogens is 280 g/mol. The zero-order chi connectivity index (χ0) is 15.1. The molecule has 2 heterocycles. The van der Waals surface area contributed by atoms with Gasteiger partial charge < -0.3 is 4.90 Å². The fourth-order valence-corrected chi connectivity index (χ4v) is 2.34. The summed E-state index contributed by atoms with van der Waals surface area (Å²) in [6, 6.07) is 1.59. The van der Waals surface area contributed by atoms with Crippen molar-refractivity contribution >= 4 is 17.4 Å². The number of amides is 1. The zero-order valence-corrected chi connectivity index (χ0v) is 11.1. The Kier molecular flexibility index (Phi) is 3.04. The van der Waals surface area contributed by atoms with Crippen LogP contribution < -0.4 is 4.90 Å². The number of rotatable bonds is 3. The molecule has 0 spiro atoms. The molecule has 1 amide bonds. The average Bonchev–Trinajstić information content (AvgIpc) is 2.98. The van der Waals surface area contributed by atoms with Gasteiger partial charge in [-0.15, -0.1) is 0 Å². The number of aromatic nitrogens is 2. The molecule has 0 radical (unpaired) electrons. The van der Waals surface area contributed by atoms with E-state index >= 15 is 0 Å². The van der Waals surface area contributed by atoms with E-state index in [2.05, 4.69) is 5.10 Å². The number of aryl methyl sites for hydroxylation is 1. The summed E-state index contributed by atoms with van der Waals surface area (Å²) in [7, 11) is 0. The average molecular weight is 291 g/mol. The number of nitrogens with zero attached hydrogens (tertiary/aromatic N) is 3. The first-order chi connectivity index (χ1) is 10.0. The van der Waals surface area contributed by atoms with Crippen LogP contribution in [0.25, 0.3) is 0 Å². The lowest BCUT2D eigenvalue weighted by molar-refractivity contribution is -0.114. The predicted molar refractivity (Wildman–Crippen MR) is 69.8 cm³/mol. The number of halogens is 2. The molecule has 0 N–H and O–H groups in total. The molecule has 0 saturated heterocycles. The van der Waals surface area contributed by atoms with Crippen LogP contribution in [0.5, 0.6) is 0 Å². The SMILES string of the molecule is CCn1cc(CN2C(=O)C(=O)c3c(F)cc(F)cc32)cn1. The zero-order valence-electron chi connectivity index (χ0n) is 11.1. The highest BCUT2D eigenvalue weighted by atomic mass is 19.1. The highest BCUT2D eigenvalue weighted by Crippen LogP contribution is 2.33. The third kappa shape index (κ3) is 2.10. The van der Waals surface area contributed by atoms with Crippen molar-refractivity contribution < 1.29 is 18.4 Å². The number of anilines is 1. The molecule has 7 heteroatoms. The van der Waals surface area contributed by atoms with E-state index in [1.807, 2.05) is 6.92 Å². The van der Waals surface area contributed by atoms with Gasteiger partial charge in [-0.3, -0.25) is 14.3 Å². The number of fused-ring (bicyclic) bond motifs is 1. The van der Waals surface area contributed by atoms with Crippen LogP contribution in [0.3, 0.4) is 0 Å². The van der Waals surface area contributed by atoms with Gasteiger partial charge in [0.1, 0.15) is 11.6 Å². The predicted octanol–water partition coefficient (Wildman–Crippen LogP) is 1.91. The van der Waals surface area contributed by atoms with Crippen molar-refractivity contribution in [2.75, 3.05) is 4.90 Å². The Morgan fingerprint density at radius 2 is 2.00 bits per heavy atom. The molecule has 0 aliphatic carbocycles. The van der Waals surface area contributed by atoms with E-state index in [-0.39, 0.29) is 17.8 Å². The normalized spacial score (nSPS) is 14.0. The minimum atomic E-state index is -1.02. The van der Waals surface area contributed by atoms with Gasteiger partial charge >= 0.3 is 0 Å². The Balaban J connectivity index is 2.01. The van der Waals surface area contributed by atoms with E-state index < -0.39 is 23.3 Å². The van der Waals surface area contributed by atoms with E-state index in [4.69, 9.17) is 0 Å². The second-order valence-corrected chi connectivity index (χ2v) is 4.71. The summed E-state index contributed by atoms with van der Waals surface area (Å²) in [4.78, 5) is 24.9. The van der Waals surface area contributed by atoms with Gasteiger partial charge in [-0.05, 0) is 13.0 Å². The van der Waals surface area contributed by atoms with Gasteiger partial charge in [0.05, 0.1) is 24.0 Å². The lowest BCUT2D eigenvalue weighted by Gasteiger charge is -2.15. The molecule has 3 rings (SSSR count). The summed E-state index contributed by atoms with van der Waals surface area (Å²) < 4.78 is 28.7. The van der Waals surface area contributed by atoms with Crippen LogP contribution in [-0.2, 0) is 17.9 Å². The lowest BCUT2D eigenvalue weighted by atomic mass is 10.1. The molecule has 0 atom stereocenters. The van der Waals surface area contributed by atoms with Gasteiger partial charge in [-0.1, -0.05) is 0 Å². The number of hydrogen-bond acceptors (Lipinski definition) is 3. The number of benzene rings is 1. The van der Waals surface area contributed by atoms with Gasteiger partial charge in [0, 0.05) is 24.4 Å². The Labute approximate surface area is 118 Å². The van der Waals surface area contributed by atoms with E-state index in [1.165, 1.54) is 0 Å². The first-order valence-electron chi connectivity index (χ1n) is 6.37. The highest BCUT2D eigenvalue weighted by Gasteiger charge is 2.38. The van der Waals surface area contributed by atoms with Crippen molar-refractivity contribution in [3.05, 3.63) is 47.3 Å². The molecule has 1 aromatic heterocycles. The first kappa shape index (κ1) is 13.4. The molecule has 0 fully saturated rings. The van der Waals surface area contributed by atoms with Crippen LogP contribution >= 0.6 is 0 Å². The fraction of sp³-hybridized carbons (Fsp3) is 0.214. The summed E-state index contributed by atoms with van der Waals surface area (Å²) >= 11 is 0. The van der Waals surface area contributed by atoms with Crippen LogP contribution in [0.1, 0.15) is 22.8 Å². The largest absolute Gasteiger partial charge is 0.300 e. The number of Topliss-reactive ketones (excluding diaryl/α,β-unsaturated/α-hetero) is 1. The Morgan fingerprint density at radius 1 is 1.24 bits per heavy atom. The molecular formula is C14H11F2N3O2. The molecule has 108 valence electrons. The third-order valence-corrected chi connectivity index (χ3v) is 3.34. The van der Waals surface area contributed by atoms with Crippen molar-refractivity contribution in [2.24, 2.45) is 0 Å². The van der Waals surface area contributed by atoms with Gasteiger partial charge in [-0.25, -0.2) is 8.78 Å². The maximum Gasteiger partial charge on any atom is 0.299 e. The summed E-state index contributed by atoms with van der Waals surface area (Å²) in [5.74, 6) is -3.66. The van der Waals surface area contributed by atoms with Crippen LogP contribution in [0, 0.1) is 11.6 Å². The molecule has 1 aliphatic heterocycles. The second-order valence-electron chi connectivity index (χ2n) is 4.71. The number of carbonyl (C=O) groups is 2. The molecule has 0 bridgehead atoms. The fourth-order valence-electron chi connectivity index (χ4n) is 2.34. The maximum atomic E-state index is 13.7. The standard InChI is InChI=1S/C14H11F2N3O2/c1-2-18-6-8(5-17-18)7-19-11-4-9(15)3-10(16)12(11)13(20)14(19)21/h3-6H,2,7H2,1H3. The molecule has 5 nitrogen and oxygen atoms in total. The van der Waals surface area contributed by atoms with Crippen molar-refractivity contribution in [1.82, 2.24) is 9.78 Å². The minimum absolute atomic E-state index is 0.0354. The second kappa shape index (κ2) is 4.76. The van der Waals surface area contributed by atoms with Crippen LogP contribution in [0.2, 0.25) is 0 Å². The van der Waals surface area contributed by atoms with E-state index in [9.17, 15) is 18.4 Å². The summed E-state index contributed by atoms with van der Waals surface area (Å²) in [6.07, 6.45) is 3.26. The minimum Gasteiger partial charge on any atom is -0.300 e. The summed E-state index contributed by atoms with van der Waals surface area (Å²) in [5.41, 5.74) is 0.270. The first-order valence-corrected chi connectivity index (χ1v) is 6.37. The van der Waals surface area contributed by atoms with Gasteiger partial charge in [0.2, 0.25) is 0 Å².